The Morgan fingerprint density at radius 3 is 2.60 bits per heavy atom. The Hall–Kier alpha value is -1.77. The Kier molecular flexibility index (Phi) is 1.78. The number of rotatable bonds is 2. The van der Waals surface area contributed by atoms with E-state index in [-0.39, 0.29) is 0 Å². The molecule has 0 aliphatic heterocycles. The monoisotopic (exact) mass is 200 g/mol. The van der Waals surface area contributed by atoms with E-state index in [1.807, 2.05) is 18.3 Å². The Balaban J connectivity index is 2.04. The molecule has 2 N–H and O–H groups in total. The first-order chi connectivity index (χ1) is 7.34. The van der Waals surface area contributed by atoms with Crippen LogP contribution in [0.3, 0.4) is 0 Å². The van der Waals surface area contributed by atoms with Crippen LogP contribution in [0.15, 0.2) is 30.5 Å². The minimum absolute atomic E-state index is 0.301. The van der Waals surface area contributed by atoms with Gasteiger partial charge in [-0.1, -0.05) is 12.1 Å². The van der Waals surface area contributed by atoms with Crippen molar-refractivity contribution in [2.75, 3.05) is 0 Å². The van der Waals surface area contributed by atoms with E-state index in [2.05, 4.69) is 10.2 Å². The molecule has 1 fully saturated rings. The molecule has 1 saturated carbocycles. The van der Waals surface area contributed by atoms with Gasteiger partial charge in [-0.2, -0.15) is 5.10 Å². The van der Waals surface area contributed by atoms with Crippen LogP contribution in [0.5, 0.6) is 5.75 Å². The minimum Gasteiger partial charge on any atom is -0.508 e. The summed E-state index contributed by atoms with van der Waals surface area (Å²) in [6.07, 6.45) is 4.38. The van der Waals surface area contributed by atoms with Crippen molar-refractivity contribution in [2.45, 2.75) is 18.8 Å². The lowest BCUT2D eigenvalue weighted by molar-refractivity contribution is 0.475. The summed E-state index contributed by atoms with van der Waals surface area (Å²) in [7, 11) is 0. The quantitative estimate of drug-likeness (QED) is 0.783. The number of hydrogen-bond acceptors (Lipinski definition) is 2. The molecule has 1 aliphatic carbocycles. The Labute approximate surface area is 87.8 Å². The topological polar surface area (TPSA) is 48.9 Å². The van der Waals surface area contributed by atoms with E-state index in [9.17, 15) is 5.11 Å². The summed E-state index contributed by atoms with van der Waals surface area (Å²) >= 11 is 0. The highest BCUT2D eigenvalue weighted by Gasteiger charge is 2.27. The van der Waals surface area contributed by atoms with Crippen LogP contribution in [0.4, 0.5) is 0 Å². The fraction of sp³-hybridized carbons (Fsp3) is 0.250. The number of benzene rings is 1. The second-order valence-corrected chi connectivity index (χ2v) is 4.02. The predicted octanol–water partition coefficient (Wildman–Crippen LogP) is 2.66. The molecule has 0 amide bonds. The van der Waals surface area contributed by atoms with Crippen LogP contribution in [0.2, 0.25) is 0 Å². The molecular weight excluding hydrogens is 188 g/mol. The number of H-pyrrole nitrogens is 1. The molecule has 1 aliphatic rings. The van der Waals surface area contributed by atoms with E-state index in [1.165, 1.54) is 18.5 Å². The first-order valence-electron chi connectivity index (χ1n) is 5.17. The van der Waals surface area contributed by atoms with E-state index >= 15 is 0 Å². The zero-order valence-electron chi connectivity index (χ0n) is 8.27. The fourth-order valence-corrected chi connectivity index (χ4v) is 1.85. The van der Waals surface area contributed by atoms with Crippen molar-refractivity contribution in [2.24, 2.45) is 0 Å². The summed E-state index contributed by atoms with van der Waals surface area (Å²) in [6.45, 7) is 0. The summed E-state index contributed by atoms with van der Waals surface area (Å²) in [6, 6.07) is 7.26. The number of aromatic nitrogens is 2. The van der Waals surface area contributed by atoms with E-state index in [4.69, 9.17) is 0 Å². The molecule has 0 saturated heterocycles. The molecule has 3 rings (SSSR count). The van der Waals surface area contributed by atoms with Gasteiger partial charge in [0.2, 0.25) is 0 Å². The molecule has 1 aromatic carbocycles. The number of hydrogen-bond donors (Lipinski definition) is 2. The van der Waals surface area contributed by atoms with Gasteiger partial charge in [0.05, 0.1) is 6.20 Å². The molecule has 76 valence electrons. The standard InChI is InChI=1S/C12H12N2O/c15-10-5-3-8(4-6-10)11-7-13-14-12(11)9-1-2-9/h3-7,9,15H,1-2H2,(H,13,14). The predicted molar refractivity (Wildman–Crippen MR) is 57.7 cm³/mol. The van der Waals surface area contributed by atoms with Gasteiger partial charge in [0.15, 0.2) is 0 Å². The van der Waals surface area contributed by atoms with Crippen LogP contribution in [0.25, 0.3) is 11.1 Å². The Bertz CT molecular complexity index is 469. The van der Waals surface area contributed by atoms with Crippen molar-refractivity contribution in [3.63, 3.8) is 0 Å². The molecule has 0 radical (unpaired) electrons. The molecule has 2 aromatic rings. The van der Waals surface area contributed by atoms with Crippen molar-refractivity contribution in [3.05, 3.63) is 36.2 Å². The average molecular weight is 200 g/mol. The normalized spacial score (nSPS) is 15.5. The smallest absolute Gasteiger partial charge is 0.115 e. The third-order valence-electron chi connectivity index (χ3n) is 2.83. The number of nitrogens with one attached hydrogen (secondary N) is 1. The molecule has 3 nitrogen and oxygen atoms in total. The van der Waals surface area contributed by atoms with Crippen molar-refractivity contribution in [1.29, 1.82) is 0 Å². The first-order valence-corrected chi connectivity index (χ1v) is 5.17. The highest BCUT2D eigenvalue weighted by Crippen LogP contribution is 2.43. The molecule has 0 spiro atoms. The molecule has 3 heteroatoms. The molecule has 15 heavy (non-hydrogen) atoms. The summed E-state index contributed by atoms with van der Waals surface area (Å²) in [5, 5.41) is 16.4. The summed E-state index contributed by atoms with van der Waals surface area (Å²) in [4.78, 5) is 0. The van der Waals surface area contributed by atoms with Crippen LogP contribution in [0.1, 0.15) is 24.5 Å². The molecule has 1 heterocycles. The number of aromatic amines is 1. The third-order valence-corrected chi connectivity index (χ3v) is 2.83. The van der Waals surface area contributed by atoms with Gasteiger partial charge in [0, 0.05) is 17.2 Å². The highest BCUT2D eigenvalue weighted by molar-refractivity contribution is 5.66. The van der Waals surface area contributed by atoms with E-state index in [0.29, 0.717) is 11.7 Å². The zero-order chi connectivity index (χ0) is 10.3. The van der Waals surface area contributed by atoms with Crippen molar-refractivity contribution < 1.29 is 5.11 Å². The summed E-state index contributed by atoms with van der Waals surface area (Å²) < 4.78 is 0. The van der Waals surface area contributed by atoms with Gasteiger partial charge in [-0.3, -0.25) is 5.10 Å². The molecule has 1 aromatic heterocycles. The highest BCUT2D eigenvalue weighted by atomic mass is 16.3. The third kappa shape index (κ3) is 1.50. The number of nitrogens with zero attached hydrogens (tertiary/aromatic N) is 1. The van der Waals surface area contributed by atoms with Gasteiger partial charge in [0.25, 0.3) is 0 Å². The first kappa shape index (κ1) is 8.53. The number of phenolic OH excluding ortho intramolecular Hbond substituents is 1. The second kappa shape index (κ2) is 3.12. The van der Waals surface area contributed by atoms with Crippen LogP contribution < -0.4 is 0 Å². The average Bonchev–Trinajstić information content (AvgIpc) is 2.98. The lowest BCUT2D eigenvalue weighted by Gasteiger charge is -2.01. The van der Waals surface area contributed by atoms with Crippen molar-refractivity contribution in [1.82, 2.24) is 10.2 Å². The lowest BCUT2D eigenvalue weighted by atomic mass is 10.0. The molecule has 0 unspecified atom stereocenters. The molecule has 0 bridgehead atoms. The van der Waals surface area contributed by atoms with Crippen LogP contribution in [0, 0.1) is 0 Å². The lowest BCUT2D eigenvalue weighted by Crippen LogP contribution is -1.83. The zero-order valence-corrected chi connectivity index (χ0v) is 8.27. The maximum Gasteiger partial charge on any atom is 0.115 e. The number of phenols is 1. The van der Waals surface area contributed by atoms with Crippen molar-refractivity contribution >= 4 is 0 Å². The van der Waals surface area contributed by atoms with Gasteiger partial charge >= 0.3 is 0 Å². The van der Waals surface area contributed by atoms with Gasteiger partial charge < -0.3 is 5.11 Å². The van der Waals surface area contributed by atoms with Crippen LogP contribution in [-0.4, -0.2) is 15.3 Å². The Morgan fingerprint density at radius 1 is 1.20 bits per heavy atom. The maximum absolute atomic E-state index is 9.22. The fourth-order valence-electron chi connectivity index (χ4n) is 1.85. The SMILES string of the molecule is Oc1ccc(-c2cn[nH]c2C2CC2)cc1. The minimum atomic E-state index is 0.301. The van der Waals surface area contributed by atoms with E-state index < -0.39 is 0 Å². The second-order valence-electron chi connectivity index (χ2n) is 4.02. The van der Waals surface area contributed by atoms with Gasteiger partial charge in [-0.15, -0.1) is 0 Å². The molecule has 0 atom stereocenters. The number of aromatic hydroxyl groups is 1. The summed E-state index contributed by atoms with van der Waals surface area (Å²) in [5.41, 5.74) is 3.52. The Morgan fingerprint density at radius 2 is 1.93 bits per heavy atom. The van der Waals surface area contributed by atoms with E-state index in [0.717, 1.165) is 11.1 Å². The summed E-state index contributed by atoms with van der Waals surface area (Å²) in [5.74, 6) is 0.964. The van der Waals surface area contributed by atoms with E-state index in [1.54, 1.807) is 12.1 Å². The largest absolute Gasteiger partial charge is 0.508 e. The maximum atomic E-state index is 9.22. The van der Waals surface area contributed by atoms with Crippen molar-refractivity contribution in [3.8, 4) is 16.9 Å². The van der Waals surface area contributed by atoms with Gasteiger partial charge in [0.1, 0.15) is 5.75 Å². The van der Waals surface area contributed by atoms with Crippen LogP contribution >= 0.6 is 0 Å². The molecular formula is C12H12N2O. The van der Waals surface area contributed by atoms with Crippen LogP contribution in [-0.2, 0) is 0 Å². The van der Waals surface area contributed by atoms with Gasteiger partial charge in [-0.05, 0) is 30.5 Å². The van der Waals surface area contributed by atoms with Gasteiger partial charge in [-0.25, -0.2) is 0 Å².